The molecule has 0 aromatic heterocycles. The smallest absolute Gasteiger partial charge is 0.324 e. The molecule has 0 aliphatic carbocycles. The van der Waals surface area contributed by atoms with Crippen LogP contribution in [-0.4, -0.2) is 53.6 Å². The van der Waals surface area contributed by atoms with E-state index in [0.29, 0.717) is 28.1 Å². The van der Waals surface area contributed by atoms with E-state index in [1.54, 1.807) is 12.1 Å². The standard InChI is InChI=1S/C19H19BrN2O6/c1-27-16-8-14(9-21-22(10-17(23)24)11-18(25)26)7-15(20)19(16)28-12-13-5-3-2-4-6-13/h2-9H,10-12H2,1H3,(H,23,24)(H,25,26)/b21-9-. The highest BCUT2D eigenvalue weighted by Gasteiger charge is 2.13. The fraction of sp³-hybridized carbons (Fsp3) is 0.211. The first-order valence-corrected chi connectivity index (χ1v) is 8.95. The molecule has 0 bridgehead atoms. The molecule has 0 atom stereocenters. The third kappa shape index (κ3) is 6.58. The van der Waals surface area contributed by atoms with Gasteiger partial charge in [-0.15, -0.1) is 0 Å². The van der Waals surface area contributed by atoms with Gasteiger partial charge in [-0.05, 0) is 39.2 Å². The normalized spacial score (nSPS) is 10.6. The molecular weight excluding hydrogens is 432 g/mol. The van der Waals surface area contributed by atoms with Crippen molar-refractivity contribution in [2.75, 3.05) is 20.2 Å². The molecule has 0 saturated heterocycles. The Morgan fingerprint density at radius 2 is 1.79 bits per heavy atom. The van der Waals surface area contributed by atoms with Gasteiger partial charge in [0.05, 0.1) is 17.8 Å². The number of benzene rings is 2. The number of methoxy groups -OCH3 is 1. The van der Waals surface area contributed by atoms with Crippen LogP contribution in [0, 0.1) is 0 Å². The summed E-state index contributed by atoms with van der Waals surface area (Å²) in [5.41, 5.74) is 1.58. The van der Waals surface area contributed by atoms with E-state index < -0.39 is 25.0 Å². The predicted molar refractivity (Wildman–Crippen MR) is 106 cm³/mol. The van der Waals surface area contributed by atoms with Gasteiger partial charge in [0.2, 0.25) is 0 Å². The number of carboxylic acid groups (broad SMARTS) is 2. The van der Waals surface area contributed by atoms with Crippen LogP contribution in [0.3, 0.4) is 0 Å². The number of hydrogen-bond donors (Lipinski definition) is 2. The predicted octanol–water partition coefficient (Wildman–Crippen LogP) is 2.84. The highest BCUT2D eigenvalue weighted by molar-refractivity contribution is 9.10. The Bertz CT molecular complexity index is 841. The summed E-state index contributed by atoms with van der Waals surface area (Å²) in [4.78, 5) is 21.7. The van der Waals surface area contributed by atoms with Crippen molar-refractivity contribution in [2.45, 2.75) is 6.61 Å². The van der Waals surface area contributed by atoms with Crippen LogP contribution in [0.25, 0.3) is 0 Å². The maximum absolute atomic E-state index is 10.8. The Morgan fingerprint density at radius 1 is 1.14 bits per heavy atom. The van der Waals surface area contributed by atoms with Crippen LogP contribution in [0.5, 0.6) is 11.5 Å². The highest BCUT2D eigenvalue weighted by Crippen LogP contribution is 2.36. The Kier molecular flexibility index (Phi) is 7.82. The first kappa shape index (κ1) is 21.2. The summed E-state index contributed by atoms with van der Waals surface area (Å²) in [5.74, 6) is -1.39. The van der Waals surface area contributed by atoms with Gasteiger partial charge in [-0.1, -0.05) is 30.3 Å². The lowest BCUT2D eigenvalue weighted by Gasteiger charge is -2.15. The minimum atomic E-state index is -1.18. The van der Waals surface area contributed by atoms with E-state index >= 15 is 0 Å². The van der Waals surface area contributed by atoms with Crippen molar-refractivity contribution in [1.82, 2.24) is 5.01 Å². The molecule has 8 nitrogen and oxygen atoms in total. The van der Waals surface area contributed by atoms with E-state index in [9.17, 15) is 9.59 Å². The molecule has 0 aliphatic rings. The van der Waals surface area contributed by atoms with Gasteiger partial charge >= 0.3 is 11.9 Å². The van der Waals surface area contributed by atoms with Crippen LogP contribution in [0.2, 0.25) is 0 Å². The summed E-state index contributed by atoms with van der Waals surface area (Å²) in [6, 6.07) is 13.0. The molecule has 2 aromatic carbocycles. The first-order valence-electron chi connectivity index (χ1n) is 8.15. The van der Waals surface area contributed by atoms with Gasteiger partial charge in [-0.25, -0.2) is 0 Å². The lowest BCUT2D eigenvalue weighted by atomic mass is 10.2. The van der Waals surface area contributed by atoms with Crippen molar-refractivity contribution in [2.24, 2.45) is 5.10 Å². The largest absolute Gasteiger partial charge is 0.493 e. The summed E-state index contributed by atoms with van der Waals surface area (Å²) < 4.78 is 11.8. The second-order valence-electron chi connectivity index (χ2n) is 5.66. The van der Waals surface area contributed by atoms with Gasteiger partial charge < -0.3 is 19.7 Å². The number of ether oxygens (including phenoxy) is 2. The van der Waals surface area contributed by atoms with E-state index in [1.165, 1.54) is 13.3 Å². The number of aliphatic carboxylic acids is 2. The molecule has 0 radical (unpaired) electrons. The van der Waals surface area contributed by atoms with Crippen molar-refractivity contribution < 1.29 is 29.3 Å². The van der Waals surface area contributed by atoms with Crippen LogP contribution in [-0.2, 0) is 16.2 Å². The fourth-order valence-electron chi connectivity index (χ4n) is 2.28. The lowest BCUT2D eigenvalue weighted by molar-refractivity contribution is -0.141. The molecule has 2 N–H and O–H groups in total. The Morgan fingerprint density at radius 3 is 2.36 bits per heavy atom. The van der Waals surface area contributed by atoms with Crippen LogP contribution in [0.15, 0.2) is 52.0 Å². The van der Waals surface area contributed by atoms with E-state index in [4.69, 9.17) is 19.7 Å². The Labute approximate surface area is 170 Å². The van der Waals surface area contributed by atoms with Gasteiger partial charge in [-0.2, -0.15) is 5.10 Å². The number of hydrogen-bond acceptors (Lipinski definition) is 6. The summed E-state index contributed by atoms with van der Waals surface area (Å²) >= 11 is 3.43. The Balaban J connectivity index is 2.18. The fourth-order valence-corrected chi connectivity index (χ4v) is 2.86. The summed E-state index contributed by atoms with van der Waals surface area (Å²) in [6.45, 7) is -0.701. The zero-order chi connectivity index (χ0) is 20.5. The molecular formula is C19H19BrN2O6. The number of carbonyl (C=O) groups is 2. The lowest BCUT2D eigenvalue weighted by Crippen LogP contribution is -2.30. The molecule has 0 unspecified atom stereocenters. The molecule has 2 aromatic rings. The number of rotatable bonds is 10. The molecule has 148 valence electrons. The van der Waals surface area contributed by atoms with Gasteiger partial charge in [0.25, 0.3) is 0 Å². The zero-order valence-electron chi connectivity index (χ0n) is 15.0. The van der Waals surface area contributed by atoms with Crippen LogP contribution in [0.4, 0.5) is 0 Å². The van der Waals surface area contributed by atoms with Crippen LogP contribution >= 0.6 is 15.9 Å². The molecule has 0 aliphatic heterocycles. The van der Waals surface area contributed by atoms with E-state index in [0.717, 1.165) is 10.6 Å². The summed E-state index contributed by atoms with van der Waals surface area (Å²) in [5, 5.41) is 22.6. The minimum absolute atomic E-state index is 0.355. The third-order valence-corrected chi connectivity index (χ3v) is 4.07. The van der Waals surface area contributed by atoms with E-state index in [-0.39, 0.29) is 0 Å². The monoisotopic (exact) mass is 450 g/mol. The highest BCUT2D eigenvalue weighted by atomic mass is 79.9. The molecule has 0 saturated carbocycles. The van der Waals surface area contributed by atoms with Crippen molar-refractivity contribution >= 4 is 34.1 Å². The molecule has 2 rings (SSSR count). The zero-order valence-corrected chi connectivity index (χ0v) is 16.6. The molecule has 9 heteroatoms. The SMILES string of the molecule is COc1cc(/C=N\N(CC(=O)O)CC(=O)O)cc(Br)c1OCc1ccccc1. The average molecular weight is 451 g/mol. The number of carboxylic acids is 2. The minimum Gasteiger partial charge on any atom is -0.493 e. The summed E-state index contributed by atoms with van der Waals surface area (Å²) in [6.07, 6.45) is 1.36. The quantitative estimate of drug-likeness (QED) is 0.423. The van der Waals surface area contributed by atoms with Gasteiger partial charge in [0, 0.05) is 0 Å². The van der Waals surface area contributed by atoms with Crippen molar-refractivity contribution in [1.29, 1.82) is 0 Å². The van der Waals surface area contributed by atoms with Crippen molar-refractivity contribution in [3.8, 4) is 11.5 Å². The molecule has 0 fully saturated rings. The van der Waals surface area contributed by atoms with Crippen LogP contribution in [0.1, 0.15) is 11.1 Å². The van der Waals surface area contributed by atoms with Crippen molar-refractivity contribution in [3.63, 3.8) is 0 Å². The molecule has 0 amide bonds. The second-order valence-corrected chi connectivity index (χ2v) is 6.52. The second kappa shape index (κ2) is 10.3. The molecule has 28 heavy (non-hydrogen) atoms. The maximum atomic E-state index is 10.8. The van der Waals surface area contributed by atoms with Gasteiger partial charge in [0.15, 0.2) is 11.5 Å². The van der Waals surface area contributed by atoms with Gasteiger partial charge in [0.1, 0.15) is 19.7 Å². The molecule has 0 heterocycles. The van der Waals surface area contributed by atoms with E-state index in [2.05, 4.69) is 21.0 Å². The van der Waals surface area contributed by atoms with Crippen molar-refractivity contribution in [3.05, 3.63) is 58.1 Å². The summed E-state index contributed by atoms with van der Waals surface area (Å²) in [7, 11) is 1.50. The molecule has 0 spiro atoms. The van der Waals surface area contributed by atoms with E-state index in [1.807, 2.05) is 30.3 Å². The first-order chi connectivity index (χ1) is 13.4. The van der Waals surface area contributed by atoms with Crippen LogP contribution < -0.4 is 9.47 Å². The topological polar surface area (TPSA) is 109 Å². The average Bonchev–Trinajstić information content (AvgIpc) is 2.64. The Hall–Kier alpha value is -3.07. The third-order valence-electron chi connectivity index (χ3n) is 3.48. The number of nitrogens with zero attached hydrogens (tertiary/aromatic N) is 2. The number of hydrazone groups is 1. The maximum Gasteiger partial charge on any atom is 0.324 e. The number of halogens is 1. The van der Waals surface area contributed by atoms with Gasteiger partial charge in [-0.3, -0.25) is 14.6 Å².